The van der Waals surface area contributed by atoms with Crippen LogP contribution in [0.3, 0.4) is 0 Å². The van der Waals surface area contributed by atoms with Gasteiger partial charge in [0.25, 0.3) is 0 Å². The molecule has 0 radical (unpaired) electrons. The summed E-state index contributed by atoms with van der Waals surface area (Å²) in [5.41, 5.74) is 0.425. The number of pyridine rings is 1. The predicted molar refractivity (Wildman–Crippen MR) is 80.7 cm³/mol. The van der Waals surface area contributed by atoms with Gasteiger partial charge in [-0.3, -0.25) is 4.79 Å². The van der Waals surface area contributed by atoms with E-state index in [9.17, 15) is 9.59 Å². The molecule has 2 rings (SSSR count). The Labute approximate surface area is 124 Å². The van der Waals surface area contributed by atoms with Crippen LogP contribution in [0.5, 0.6) is 0 Å². The molecule has 112 valence electrons. The van der Waals surface area contributed by atoms with Crippen LogP contribution in [-0.4, -0.2) is 22.0 Å². The van der Waals surface area contributed by atoms with E-state index in [0.717, 1.165) is 38.2 Å². The lowest BCUT2D eigenvalue weighted by Crippen LogP contribution is -2.33. The highest BCUT2D eigenvalue weighted by molar-refractivity contribution is 5.95. The summed E-state index contributed by atoms with van der Waals surface area (Å²) >= 11 is 0. The Bertz CT molecular complexity index is 560. The van der Waals surface area contributed by atoms with Crippen LogP contribution in [0.15, 0.2) is 24.4 Å². The average Bonchev–Trinajstić information content (AvgIpc) is 2.96. The highest BCUT2D eigenvalue weighted by Gasteiger charge is 2.39. The molecule has 0 spiro atoms. The molecule has 0 bridgehead atoms. The van der Waals surface area contributed by atoms with Crippen LogP contribution < -0.4 is 5.32 Å². The number of carbonyl (C=O) groups is 2. The summed E-state index contributed by atoms with van der Waals surface area (Å²) in [4.78, 5) is 27.1. The number of anilines is 1. The van der Waals surface area contributed by atoms with E-state index in [0.29, 0.717) is 11.4 Å². The Balaban J connectivity index is 2.10. The van der Waals surface area contributed by atoms with E-state index in [2.05, 4.69) is 10.3 Å². The standard InChI is InChI=1S/C16H20N2O3/c1-2-16(8-3-4-9-16)15(21)18-13-11-12(7-10-17-13)5-6-14(19)20/h5-7,10-11H,2-4,8-9H2,1H3,(H,19,20)(H,17,18,21)/b6-5+. The summed E-state index contributed by atoms with van der Waals surface area (Å²) in [5, 5.41) is 11.5. The first kappa shape index (κ1) is 15.2. The molecular formula is C16H20N2O3. The molecule has 1 heterocycles. The van der Waals surface area contributed by atoms with Crippen LogP contribution in [0, 0.1) is 5.41 Å². The third kappa shape index (κ3) is 3.68. The van der Waals surface area contributed by atoms with Gasteiger partial charge in [0.15, 0.2) is 0 Å². The molecule has 21 heavy (non-hydrogen) atoms. The van der Waals surface area contributed by atoms with Gasteiger partial charge in [-0.25, -0.2) is 9.78 Å². The van der Waals surface area contributed by atoms with Crippen LogP contribution in [0.25, 0.3) is 6.08 Å². The second-order valence-corrected chi connectivity index (χ2v) is 5.44. The molecule has 0 unspecified atom stereocenters. The molecule has 1 fully saturated rings. The third-order valence-electron chi connectivity index (χ3n) is 4.16. The van der Waals surface area contributed by atoms with Gasteiger partial charge < -0.3 is 10.4 Å². The van der Waals surface area contributed by atoms with Gasteiger partial charge in [0.05, 0.1) is 0 Å². The largest absolute Gasteiger partial charge is 0.478 e. The molecule has 0 saturated heterocycles. The molecule has 0 aromatic carbocycles. The molecule has 1 aliphatic carbocycles. The number of rotatable bonds is 5. The monoisotopic (exact) mass is 288 g/mol. The average molecular weight is 288 g/mol. The zero-order chi connectivity index (χ0) is 15.3. The molecule has 1 saturated carbocycles. The first-order valence-corrected chi connectivity index (χ1v) is 7.24. The maximum Gasteiger partial charge on any atom is 0.328 e. The minimum absolute atomic E-state index is 0.0226. The van der Waals surface area contributed by atoms with Crippen molar-refractivity contribution in [3.05, 3.63) is 30.0 Å². The Kier molecular flexibility index (Phi) is 4.73. The lowest BCUT2D eigenvalue weighted by molar-refractivity contribution is -0.131. The highest BCUT2D eigenvalue weighted by atomic mass is 16.4. The van der Waals surface area contributed by atoms with Crippen molar-refractivity contribution in [2.75, 3.05) is 5.32 Å². The fraction of sp³-hybridized carbons (Fsp3) is 0.438. The number of hydrogen-bond acceptors (Lipinski definition) is 3. The Morgan fingerprint density at radius 1 is 1.43 bits per heavy atom. The van der Waals surface area contributed by atoms with Gasteiger partial charge in [0.1, 0.15) is 5.82 Å². The molecule has 5 heteroatoms. The SMILES string of the molecule is CCC1(C(=O)Nc2cc(/C=C/C(=O)O)ccn2)CCCC1. The number of carboxylic acid groups (broad SMARTS) is 1. The van der Waals surface area contributed by atoms with Crippen molar-refractivity contribution in [1.29, 1.82) is 0 Å². The van der Waals surface area contributed by atoms with Crippen molar-refractivity contribution in [2.24, 2.45) is 5.41 Å². The normalized spacial score (nSPS) is 17.0. The maximum absolute atomic E-state index is 12.5. The smallest absolute Gasteiger partial charge is 0.328 e. The Morgan fingerprint density at radius 2 is 2.14 bits per heavy atom. The summed E-state index contributed by atoms with van der Waals surface area (Å²) in [5.74, 6) is -0.519. The summed E-state index contributed by atoms with van der Waals surface area (Å²) in [6.07, 6.45) is 8.96. The van der Waals surface area contributed by atoms with Crippen LogP contribution in [0.1, 0.15) is 44.6 Å². The molecule has 5 nitrogen and oxygen atoms in total. The molecule has 0 aliphatic heterocycles. The first-order valence-electron chi connectivity index (χ1n) is 7.24. The molecule has 1 aromatic rings. The van der Waals surface area contributed by atoms with Crippen molar-refractivity contribution in [1.82, 2.24) is 4.98 Å². The molecule has 2 N–H and O–H groups in total. The fourth-order valence-electron chi connectivity index (χ4n) is 2.83. The molecule has 1 amide bonds. The number of nitrogens with one attached hydrogen (secondary N) is 1. The van der Waals surface area contributed by atoms with Gasteiger partial charge in [-0.15, -0.1) is 0 Å². The lowest BCUT2D eigenvalue weighted by Gasteiger charge is -2.25. The number of carbonyl (C=O) groups excluding carboxylic acids is 1. The van der Waals surface area contributed by atoms with Crippen LogP contribution >= 0.6 is 0 Å². The van der Waals surface area contributed by atoms with E-state index >= 15 is 0 Å². The van der Waals surface area contributed by atoms with Gasteiger partial charge in [0.2, 0.25) is 5.91 Å². The van der Waals surface area contributed by atoms with Crippen LogP contribution in [-0.2, 0) is 9.59 Å². The van der Waals surface area contributed by atoms with Crippen molar-refractivity contribution in [3.8, 4) is 0 Å². The first-order chi connectivity index (χ1) is 10.1. The second kappa shape index (κ2) is 6.52. The topological polar surface area (TPSA) is 79.3 Å². The molecule has 1 aliphatic rings. The van der Waals surface area contributed by atoms with Gasteiger partial charge in [-0.2, -0.15) is 0 Å². The Morgan fingerprint density at radius 3 is 2.76 bits per heavy atom. The predicted octanol–water partition coefficient (Wildman–Crippen LogP) is 3.09. The third-order valence-corrected chi connectivity index (χ3v) is 4.16. The number of amides is 1. The van der Waals surface area contributed by atoms with E-state index in [1.54, 1.807) is 18.3 Å². The van der Waals surface area contributed by atoms with Crippen molar-refractivity contribution in [2.45, 2.75) is 39.0 Å². The number of hydrogen-bond donors (Lipinski definition) is 2. The van der Waals surface area contributed by atoms with E-state index in [1.807, 2.05) is 6.92 Å². The van der Waals surface area contributed by atoms with E-state index in [4.69, 9.17) is 5.11 Å². The van der Waals surface area contributed by atoms with Gasteiger partial charge in [-0.05, 0) is 43.0 Å². The van der Waals surface area contributed by atoms with E-state index in [-0.39, 0.29) is 11.3 Å². The highest BCUT2D eigenvalue weighted by Crippen LogP contribution is 2.41. The number of aromatic nitrogens is 1. The number of carboxylic acids is 1. The zero-order valence-corrected chi connectivity index (χ0v) is 12.1. The van der Waals surface area contributed by atoms with Gasteiger partial charge >= 0.3 is 5.97 Å². The van der Waals surface area contributed by atoms with Gasteiger partial charge in [-0.1, -0.05) is 19.8 Å². The number of aliphatic carboxylic acids is 1. The second-order valence-electron chi connectivity index (χ2n) is 5.44. The summed E-state index contributed by atoms with van der Waals surface area (Å²) in [7, 11) is 0. The van der Waals surface area contributed by atoms with Crippen molar-refractivity contribution >= 4 is 23.8 Å². The minimum Gasteiger partial charge on any atom is -0.478 e. The minimum atomic E-state index is -1.01. The summed E-state index contributed by atoms with van der Waals surface area (Å²) < 4.78 is 0. The maximum atomic E-state index is 12.5. The quantitative estimate of drug-likeness (QED) is 0.816. The zero-order valence-electron chi connectivity index (χ0n) is 12.1. The lowest BCUT2D eigenvalue weighted by atomic mass is 9.82. The molecule has 1 aromatic heterocycles. The summed E-state index contributed by atoms with van der Waals surface area (Å²) in [6.45, 7) is 2.05. The van der Waals surface area contributed by atoms with E-state index in [1.165, 1.54) is 6.08 Å². The summed E-state index contributed by atoms with van der Waals surface area (Å²) in [6, 6.07) is 3.37. The van der Waals surface area contributed by atoms with Crippen molar-refractivity contribution in [3.63, 3.8) is 0 Å². The van der Waals surface area contributed by atoms with E-state index < -0.39 is 5.97 Å². The fourth-order valence-corrected chi connectivity index (χ4v) is 2.83. The van der Waals surface area contributed by atoms with Gasteiger partial charge in [0, 0.05) is 17.7 Å². The van der Waals surface area contributed by atoms with Crippen LogP contribution in [0.4, 0.5) is 5.82 Å². The van der Waals surface area contributed by atoms with Crippen LogP contribution in [0.2, 0.25) is 0 Å². The molecule has 0 atom stereocenters. The number of nitrogens with zero attached hydrogens (tertiary/aromatic N) is 1. The molecular weight excluding hydrogens is 268 g/mol. The van der Waals surface area contributed by atoms with Crippen molar-refractivity contribution < 1.29 is 14.7 Å². The Hall–Kier alpha value is -2.17.